The summed E-state index contributed by atoms with van der Waals surface area (Å²) in [5.74, 6) is -0.741. The molecule has 0 amide bonds. The summed E-state index contributed by atoms with van der Waals surface area (Å²) >= 11 is 0. The summed E-state index contributed by atoms with van der Waals surface area (Å²) in [6, 6.07) is 7.79. The van der Waals surface area contributed by atoms with E-state index in [0.717, 1.165) is 11.3 Å². The largest absolute Gasteiger partial charge is 0.462 e. The molecule has 0 atom stereocenters. The second kappa shape index (κ2) is 9.11. The van der Waals surface area contributed by atoms with Crippen molar-refractivity contribution in [2.24, 2.45) is 5.41 Å². The Morgan fingerprint density at radius 2 is 1.67 bits per heavy atom. The van der Waals surface area contributed by atoms with Gasteiger partial charge in [-0.2, -0.15) is 0 Å². The molecule has 5 nitrogen and oxygen atoms in total. The van der Waals surface area contributed by atoms with Crippen molar-refractivity contribution in [3.8, 4) is 0 Å². The summed E-state index contributed by atoms with van der Waals surface area (Å²) in [7, 11) is 3.94. The second-order valence-corrected chi connectivity index (χ2v) is 6.36. The van der Waals surface area contributed by atoms with E-state index in [1.54, 1.807) is 6.08 Å². The summed E-state index contributed by atoms with van der Waals surface area (Å²) in [6.07, 6.45) is 3.75. The molecular weight excluding hydrogens is 306 g/mol. The van der Waals surface area contributed by atoms with Crippen LogP contribution < -0.4 is 4.90 Å². The number of hydrogen-bond acceptors (Lipinski definition) is 5. The zero-order valence-corrected chi connectivity index (χ0v) is 15.2. The predicted molar refractivity (Wildman–Crippen MR) is 95.8 cm³/mol. The van der Waals surface area contributed by atoms with Gasteiger partial charge >= 0.3 is 11.9 Å². The molecule has 0 aliphatic heterocycles. The van der Waals surface area contributed by atoms with Crippen molar-refractivity contribution in [1.29, 1.82) is 0 Å². The second-order valence-electron chi connectivity index (χ2n) is 6.36. The van der Waals surface area contributed by atoms with Gasteiger partial charge in [0, 0.05) is 25.9 Å². The minimum absolute atomic E-state index is 0.0499. The van der Waals surface area contributed by atoms with Gasteiger partial charge in [-0.3, -0.25) is 4.79 Å². The maximum Gasteiger partial charge on any atom is 0.330 e. The Morgan fingerprint density at radius 1 is 1.08 bits per heavy atom. The predicted octanol–water partition coefficient (Wildman–Crippen LogP) is 3.29. The van der Waals surface area contributed by atoms with Crippen molar-refractivity contribution in [3.05, 3.63) is 35.9 Å². The molecule has 0 saturated carbocycles. The summed E-state index contributed by atoms with van der Waals surface area (Å²) in [5.41, 5.74) is 1.49. The normalized spacial score (nSPS) is 11.4. The number of hydrogen-bond donors (Lipinski definition) is 0. The van der Waals surface area contributed by atoms with Gasteiger partial charge < -0.3 is 14.4 Å². The third-order valence-electron chi connectivity index (χ3n) is 3.82. The van der Waals surface area contributed by atoms with Gasteiger partial charge in [0.2, 0.25) is 0 Å². The molecule has 0 radical (unpaired) electrons. The Kier molecular flexibility index (Phi) is 7.49. The number of nitrogens with zero attached hydrogens (tertiary/aromatic N) is 1. The molecule has 1 aromatic rings. The fourth-order valence-corrected chi connectivity index (χ4v) is 1.71. The van der Waals surface area contributed by atoms with Crippen molar-refractivity contribution in [2.45, 2.75) is 27.2 Å². The molecular formula is C19H27NO4. The van der Waals surface area contributed by atoms with Crippen LogP contribution in [-0.2, 0) is 19.1 Å². The van der Waals surface area contributed by atoms with Crippen LogP contribution >= 0.6 is 0 Å². The number of ether oxygens (including phenoxy) is 2. The van der Waals surface area contributed by atoms with Gasteiger partial charge in [-0.1, -0.05) is 19.1 Å². The molecule has 132 valence electrons. The van der Waals surface area contributed by atoms with Crippen LogP contribution in [0.4, 0.5) is 5.69 Å². The number of esters is 2. The number of carbonyl (C=O) groups excluding carboxylic acids is 2. The molecule has 0 unspecified atom stereocenters. The maximum atomic E-state index is 11.7. The van der Waals surface area contributed by atoms with E-state index < -0.39 is 11.4 Å². The van der Waals surface area contributed by atoms with Crippen molar-refractivity contribution >= 4 is 23.7 Å². The Bertz CT molecular complexity index is 574. The van der Waals surface area contributed by atoms with Crippen molar-refractivity contribution in [3.63, 3.8) is 0 Å². The minimum Gasteiger partial charge on any atom is -0.462 e. The molecule has 5 heteroatoms. The molecule has 0 saturated heterocycles. The van der Waals surface area contributed by atoms with Crippen LogP contribution in [0.3, 0.4) is 0 Å². The zero-order chi connectivity index (χ0) is 18.2. The molecule has 0 aliphatic rings. The first-order valence-electron chi connectivity index (χ1n) is 8.05. The van der Waals surface area contributed by atoms with E-state index in [9.17, 15) is 9.59 Å². The van der Waals surface area contributed by atoms with Crippen LogP contribution in [0.25, 0.3) is 6.08 Å². The summed E-state index contributed by atoms with van der Waals surface area (Å²) in [5, 5.41) is 0. The Hall–Kier alpha value is -2.30. The lowest BCUT2D eigenvalue weighted by Crippen LogP contribution is -2.27. The molecule has 0 heterocycles. The van der Waals surface area contributed by atoms with Crippen molar-refractivity contribution in [1.82, 2.24) is 0 Å². The van der Waals surface area contributed by atoms with Gasteiger partial charge in [-0.15, -0.1) is 0 Å². The fraction of sp³-hybridized carbons (Fsp3) is 0.474. The van der Waals surface area contributed by atoms with Crippen molar-refractivity contribution < 1.29 is 19.1 Å². The van der Waals surface area contributed by atoms with Crippen molar-refractivity contribution in [2.75, 3.05) is 32.2 Å². The molecule has 0 aliphatic carbocycles. The average Bonchev–Trinajstić information content (AvgIpc) is 2.56. The molecule has 0 spiro atoms. The highest BCUT2D eigenvalue weighted by atomic mass is 16.6. The van der Waals surface area contributed by atoms with E-state index in [-0.39, 0.29) is 19.2 Å². The summed E-state index contributed by atoms with van der Waals surface area (Å²) < 4.78 is 10.1. The van der Waals surface area contributed by atoms with Gasteiger partial charge in [0.25, 0.3) is 0 Å². The van der Waals surface area contributed by atoms with Crippen LogP contribution in [-0.4, -0.2) is 39.2 Å². The molecule has 0 bridgehead atoms. The molecule has 0 fully saturated rings. The van der Waals surface area contributed by atoms with E-state index >= 15 is 0 Å². The zero-order valence-electron chi connectivity index (χ0n) is 15.2. The lowest BCUT2D eigenvalue weighted by molar-refractivity contribution is -0.157. The number of rotatable bonds is 8. The van der Waals surface area contributed by atoms with Crippen LogP contribution in [0.15, 0.2) is 30.3 Å². The highest BCUT2D eigenvalue weighted by Crippen LogP contribution is 2.21. The van der Waals surface area contributed by atoms with E-state index in [2.05, 4.69) is 0 Å². The monoisotopic (exact) mass is 333 g/mol. The number of anilines is 1. The third kappa shape index (κ3) is 6.44. The summed E-state index contributed by atoms with van der Waals surface area (Å²) in [4.78, 5) is 25.4. The number of benzene rings is 1. The van der Waals surface area contributed by atoms with Gasteiger partial charge in [0.05, 0.1) is 5.41 Å². The standard InChI is InChI=1S/C19H27NO4/c1-6-19(2,3)18(22)24-14-13-23-17(21)12-9-15-7-10-16(11-8-15)20(4)5/h7-12H,6,13-14H2,1-5H3/b12-9+. The van der Waals surface area contributed by atoms with Crippen LogP contribution in [0.5, 0.6) is 0 Å². The molecule has 1 aromatic carbocycles. The first kappa shape index (κ1) is 19.7. The maximum absolute atomic E-state index is 11.7. The third-order valence-corrected chi connectivity index (χ3v) is 3.82. The van der Waals surface area contributed by atoms with E-state index in [0.29, 0.717) is 6.42 Å². The Labute approximate surface area is 144 Å². The Balaban J connectivity index is 2.35. The van der Waals surface area contributed by atoms with Crippen LogP contribution in [0, 0.1) is 5.41 Å². The van der Waals surface area contributed by atoms with Gasteiger partial charge in [0.1, 0.15) is 13.2 Å². The fourth-order valence-electron chi connectivity index (χ4n) is 1.71. The SMILES string of the molecule is CCC(C)(C)C(=O)OCCOC(=O)/C=C/c1ccc(N(C)C)cc1. The van der Waals surface area contributed by atoms with Gasteiger partial charge in [-0.25, -0.2) is 4.79 Å². The van der Waals surface area contributed by atoms with E-state index in [1.165, 1.54) is 6.08 Å². The van der Waals surface area contributed by atoms with Gasteiger partial charge in [0.15, 0.2) is 0 Å². The van der Waals surface area contributed by atoms with Crippen LogP contribution in [0.1, 0.15) is 32.8 Å². The average molecular weight is 333 g/mol. The quantitative estimate of drug-likeness (QED) is 0.415. The number of carbonyl (C=O) groups is 2. The molecule has 24 heavy (non-hydrogen) atoms. The highest BCUT2D eigenvalue weighted by Gasteiger charge is 2.26. The first-order chi connectivity index (χ1) is 11.3. The van der Waals surface area contributed by atoms with E-state index in [4.69, 9.17) is 9.47 Å². The smallest absolute Gasteiger partial charge is 0.330 e. The van der Waals surface area contributed by atoms with E-state index in [1.807, 2.05) is 64.0 Å². The molecule has 1 rings (SSSR count). The first-order valence-corrected chi connectivity index (χ1v) is 8.05. The molecule has 0 N–H and O–H groups in total. The lowest BCUT2D eigenvalue weighted by Gasteiger charge is -2.20. The topological polar surface area (TPSA) is 55.8 Å². The Morgan fingerprint density at radius 3 is 2.21 bits per heavy atom. The highest BCUT2D eigenvalue weighted by molar-refractivity contribution is 5.87. The summed E-state index contributed by atoms with van der Waals surface area (Å²) in [6.45, 7) is 5.70. The molecule has 0 aromatic heterocycles. The lowest BCUT2D eigenvalue weighted by atomic mass is 9.91. The van der Waals surface area contributed by atoms with Crippen LogP contribution in [0.2, 0.25) is 0 Å². The van der Waals surface area contributed by atoms with Gasteiger partial charge in [-0.05, 0) is 44.0 Å². The minimum atomic E-state index is -0.511.